The van der Waals surface area contributed by atoms with Crippen LogP contribution < -0.4 is 10.5 Å². The first kappa shape index (κ1) is 20.8. The summed E-state index contributed by atoms with van der Waals surface area (Å²) in [4.78, 5) is 17.7. The van der Waals surface area contributed by atoms with Gasteiger partial charge in [-0.25, -0.2) is 0 Å². The van der Waals surface area contributed by atoms with Crippen molar-refractivity contribution in [1.29, 1.82) is 0 Å². The minimum atomic E-state index is 0.0111. The highest BCUT2D eigenvalue weighted by molar-refractivity contribution is 5.79. The zero-order valence-corrected chi connectivity index (χ0v) is 17.2. The number of carbonyl (C=O) groups is 1. The molecule has 1 heterocycles. The number of nitrogens with two attached hydrogens (primary N) is 1. The average Bonchev–Trinajstić information content (AvgIpc) is 2.75. The first-order valence-electron chi connectivity index (χ1n) is 10.0. The van der Waals surface area contributed by atoms with Crippen molar-refractivity contribution >= 4 is 24.4 Å². The van der Waals surface area contributed by atoms with Crippen molar-refractivity contribution in [2.24, 2.45) is 10.7 Å². The summed E-state index contributed by atoms with van der Waals surface area (Å²) in [5.74, 6) is 0.861. The van der Waals surface area contributed by atoms with Crippen molar-refractivity contribution in [3.63, 3.8) is 0 Å². The van der Waals surface area contributed by atoms with E-state index in [2.05, 4.69) is 42.9 Å². The van der Waals surface area contributed by atoms with E-state index in [0.717, 1.165) is 46.5 Å². The van der Waals surface area contributed by atoms with Crippen molar-refractivity contribution in [2.45, 2.75) is 32.8 Å². The Labute approximate surface area is 172 Å². The quantitative estimate of drug-likeness (QED) is 0.744. The minimum absolute atomic E-state index is 0.0111. The summed E-state index contributed by atoms with van der Waals surface area (Å²) in [5.41, 5.74) is 10.8. The molecule has 0 atom stereocenters. The lowest BCUT2D eigenvalue weighted by atomic mass is 9.96. The van der Waals surface area contributed by atoms with Crippen molar-refractivity contribution in [2.75, 3.05) is 19.6 Å². The molecule has 2 N–H and O–H groups in total. The molecule has 5 nitrogen and oxygen atoms in total. The lowest BCUT2D eigenvalue weighted by Gasteiger charge is -2.32. The topological polar surface area (TPSA) is 67.9 Å². The van der Waals surface area contributed by atoms with Crippen molar-refractivity contribution < 1.29 is 9.53 Å². The van der Waals surface area contributed by atoms with Gasteiger partial charge in [0.1, 0.15) is 11.9 Å². The number of rotatable bonds is 6. The second kappa shape index (κ2) is 9.52. The number of carbonyl (C=O) groups excluding carboxylic acids is 1. The predicted octanol–water partition coefficient (Wildman–Crippen LogP) is 4.36. The fourth-order valence-corrected chi connectivity index (χ4v) is 3.82. The van der Waals surface area contributed by atoms with Crippen LogP contribution >= 0.6 is 0 Å². The van der Waals surface area contributed by atoms with E-state index in [0.29, 0.717) is 13.1 Å². The Kier molecular flexibility index (Phi) is 6.83. The molecule has 1 saturated heterocycles. The van der Waals surface area contributed by atoms with Crippen molar-refractivity contribution in [3.05, 3.63) is 53.6 Å². The maximum Gasteiger partial charge on any atom is 0.236 e. The minimum Gasteiger partial charge on any atom is -0.490 e. The Balaban J connectivity index is 1.70. The Morgan fingerprint density at radius 1 is 1.24 bits per heavy atom. The van der Waals surface area contributed by atoms with E-state index in [-0.39, 0.29) is 18.6 Å². The fraction of sp³-hybridized carbons (Fsp3) is 0.333. The van der Waals surface area contributed by atoms with Crippen LogP contribution in [0.3, 0.4) is 0 Å². The normalized spacial score (nSPS) is 14.9. The average molecular weight is 392 g/mol. The Bertz CT molecular complexity index is 895. The van der Waals surface area contributed by atoms with Crippen LogP contribution in [0.1, 0.15) is 30.9 Å². The molecule has 0 radical (unpaired) electrons. The van der Waals surface area contributed by atoms with Gasteiger partial charge in [0.15, 0.2) is 0 Å². The molecule has 5 heteroatoms. The summed E-state index contributed by atoms with van der Waals surface area (Å²) in [6.45, 7) is 9.29. The van der Waals surface area contributed by atoms with Gasteiger partial charge < -0.3 is 15.4 Å². The van der Waals surface area contributed by atoms with E-state index >= 15 is 0 Å². The van der Waals surface area contributed by atoms with Gasteiger partial charge in [-0.2, -0.15) is 0 Å². The highest BCUT2D eigenvalue weighted by atomic mass is 16.5. The number of amides is 1. The monoisotopic (exact) mass is 391 g/mol. The van der Waals surface area contributed by atoms with Crippen LogP contribution in [-0.4, -0.2) is 43.3 Å². The lowest BCUT2D eigenvalue weighted by molar-refractivity contribution is -0.131. The van der Waals surface area contributed by atoms with Gasteiger partial charge in [0.05, 0.1) is 12.2 Å². The molecule has 1 aliphatic heterocycles. The predicted molar refractivity (Wildman–Crippen MR) is 120 cm³/mol. The molecule has 0 unspecified atom stereocenters. The first-order chi connectivity index (χ1) is 14.1. The molecule has 3 rings (SSSR count). The fourth-order valence-electron chi connectivity index (χ4n) is 3.82. The third-order valence-corrected chi connectivity index (χ3v) is 5.40. The SMILES string of the molecule is C=Nc1c(/C=C\C)ccc(-c2ccc(OC3CCN(C(=O)CN)CC3)cc2)c1C. The van der Waals surface area contributed by atoms with Gasteiger partial charge in [-0.05, 0) is 49.4 Å². The van der Waals surface area contributed by atoms with Crippen LogP contribution in [0, 0.1) is 6.92 Å². The zero-order chi connectivity index (χ0) is 20.8. The van der Waals surface area contributed by atoms with E-state index < -0.39 is 0 Å². The molecule has 29 heavy (non-hydrogen) atoms. The van der Waals surface area contributed by atoms with E-state index in [4.69, 9.17) is 10.5 Å². The summed E-state index contributed by atoms with van der Waals surface area (Å²) in [6.07, 6.45) is 5.83. The second-order valence-electron chi connectivity index (χ2n) is 7.26. The summed E-state index contributed by atoms with van der Waals surface area (Å²) in [6, 6.07) is 12.4. The first-order valence-corrected chi connectivity index (χ1v) is 10.0. The van der Waals surface area contributed by atoms with Crippen LogP contribution in [0.2, 0.25) is 0 Å². The largest absolute Gasteiger partial charge is 0.490 e. The number of aliphatic imine (C=N–C) groups is 1. The standard InChI is InChI=1S/C24H29N3O2/c1-4-5-19-8-11-22(17(2)24(19)26-3)18-6-9-20(10-7-18)29-21-12-14-27(15-13-21)23(28)16-25/h4-11,21H,3,12-16,25H2,1-2H3/b5-4-. The Morgan fingerprint density at radius 3 is 2.52 bits per heavy atom. The van der Waals surface area contributed by atoms with E-state index in [1.54, 1.807) is 0 Å². The van der Waals surface area contributed by atoms with Crippen molar-refractivity contribution in [3.8, 4) is 16.9 Å². The van der Waals surface area contributed by atoms with Gasteiger partial charge in [-0.15, -0.1) is 0 Å². The van der Waals surface area contributed by atoms with Gasteiger partial charge in [0.2, 0.25) is 5.91 Å². The van der Waals surface area contributed by atoms with E-state index in [1.165, 1.54) is 0 Å². The summed E-state index contributed by atoms with van der Waals surface area (Å²) < 4.78 is 6.13. The highest BCUT2D eigenvalue weighted by Gasteiger charge is 2.23. The number of allylic oxidation sites excluding steroid dienone is 1. The highest BCUT2D eigenvalue weighted by Crippen LogP contribution is 2.34. The molecule has 2 aromatic carbocycles. The number of piperidine rings is 1. The third kappa shape index (κ3) is 4.74. The molecule has 1 aliphatic rings. The van der Waals surface area contributed by atoms with Gasteiger partial charge in [0.25, 0.3) is 0 Å². The molecule has 2 aromatic rings. The second-order valence-corrected chi connectivity index (χ2v) is 7.26. The molecule has 0 aromatic heterocycles. The molecule has 0 aliphatic carbocycles. The summed E-state index contributed by atoms with van der Waals surface area (Å²) in [7, 11) is 0. The number of ether oxygens (including phenoxy) is 1. The molecule has 152 valence electrons. The van der Waals surface area contributed by atoms with Crippen molar-refractivity contribution in [1.82, 2.24) is 4.90 Å². The van der Waals surface area contributed by atoms with Crippen LogP contribution in [0.15, 0.2) is 47.5 Å². The van der Waals surface area contributed by atoms with E-state index in [9.17, 15) is 4.79 Å². The van der Waals surface area contributed by atoms with Crippen LogP contribution in [-0.2, 0) is 4.79 Å². The van der Waals surface area contributed by atoms with Crippen LogP contribution in [0.25, 0.3) is 17.2 Å². The number of hydrogen-bond donors (Lipinski definition) is 1. The van der Waals surface area contributed by atoms with Crippen LogP contribution in [0.5, 0.6) is 5.75 Å². The van der Waals surface area contributed by atoms with Crippen LogP contribution in [0.4, 0.5) is 5.69 Å². The lowest BCUT2D eigenvalue weighted by Crippen LogP contribution is -2.44. The molecule has 0 bridgehead atoms. The number of likely N-dealkylation sites (tertiary alicyclic amines) is 1. The molecule has 0 saturated carbocycles. The molecular formula is C24H29N3O2. The molecule has 1 fully saturated rings. The van der Waals surface area contributed by atoms with Gasteiger partial charge >= 0.3 is 0 Å². The molecule has 0 spiro atoms. The number of nitrogens with zero attached hydrogens (tertiary/aromatic N) is 2. The summed E-state index contributed by atoms with van der Waals surface area (Å²) in [5, 5.41) is 0. The van der Waals surface area contributed by atoms with Gasteiger partial charge in [0, 0.05) is 31.5 Å². The Hall–Kier alpha value is -2.92. The third-order valence-electron chi connectivity index (χ3n) is 5.40. The molecule has 1 amide bonds. The van der Waals surface area contributed by atoms with Gasteiger partial charge in [-0.1, -0.05) is 36.4 Å². The Morgan fingerprint density at radius 2 is 1.93 bits per heavy atom. The van der Waals surface area contributed by atoms with Gasteiger partial charge in [-0.3, -0.25) is 9.79 Å². The van der Waals surface area contributed by atoms with E-state index in [1.807, 2.05) is 36.1 Å². The maximum absolute atomic E-state index is 11.7. The number of benzene rings is 2. The zero-order valence-electron chi connectivity index (χ0n) is 17.2. The number of hydrogen-bond acceptors (Lipinski definition) is 4. The summed E-state index contributed by atoms with van der Waals surface area (Å²) >= 11 is 0. The maximum atomic E-state index is 11.7. The smallest absolute Gasteiger partial charge is 0.236 e. The molecular weight excluding hydrogens is 362 g/mol.